The van der Waals surface area contributed by atoms with Crippen molar-refractivity contribution in [3.8, 4) is 39.8 Å². The number of benzene rings is 8. The number of nitrogens with one attached hydrogen (secondary N) is 1. The van der Waals surface area contributed by atoms with Crippen LogP contribution in [0.1, 0.15) is 22.7 Å². The van der Waals surface area contributed by atoms with Crippen LogP contribution in [0.15, 0.2) is 187 Å². The van der Waals surface area contributed by atoms with E-state index in [9.17, 15) is 0 Å². The fourth-order valence-corrected chi connectivity index (χ4v) is 7.59. The van der Waals surface area contributed by atoms with E-state index in [0.29, 0.717) is 28.7 Å². The molecule has 2 heterocycles. The first-order chi connectivity index (χ1) is 27.1. The second-order valence-electron chi connectivity index (χ2n) is 13.7. The van der Waals surface area contributed by atoms with Crippen LogP contribution >= 0.6 is 0 Å². The van der Waals surface area contributed by atoms with E-state index in [1.807, 2.05) is 97.1 Å². The molecule has 6 nitrogen and oxygen atoms in total. The third kappa shape index (κ3) is 5.73. The fourth-order valence-electron chi connectivity index (χ4n) is 7.59. The van der Waals surface area contributed by atoms with Gasteiger partial charge >= 0.3 is 0 Å². The van der Waals surface area contributed by atoms with Crippen molar-refractivity contribution in [1.29, 1.82) is 5.41 Å². The summed E-state index contributed by atoms with van der Waals surface area (Å²) < 4.78 is 15.5. The molecule has 0 spiro atoms. The maximum Gasteiger partial charge on any atom is 0.194 e. The Balaban J connectivity index is 1.01. The average molecular weight is 711 g/mol. The Morgan fingerprint density at radius 2 is 1.15 bits per heavy atom. The monoisotopic (exact) mass is 710 g/mol. The van der Waals surface area contributed by atoms with Crippen LogP contribution in [-0.2, 0) is 0 Å². The molecule has 1 aliphatic rings. The predicted octanol–water partition coefficient (Wildman–Crippen LogP) is 12.0. The van der Waals surface area contributed by atoms with E-state index in [4.69, 9.17) is 25.6 Å². The molecule has 1 atom stereocenters. The van der Waals surface area contributed by atoms with E-state index in [-0.39, 0.29) is 5.84 Å². The van der Waals surface area contributed by atoms with E-state index >= 15 is 0 Å². The van der Waals surface area contributed by atoms with E-state index in [0.717, 1.165) is 66.1 Å². The normalized spacial score (nSPS) is 12.9. The quantitative estimate of drug-likeness (QED) is 0.133. The zero-order valence-electron chi connectivity index (χ0n) is 29.7. The van der Waals surface area contributed by atoms with E-state index < -0.39 is 6.04 Å². The number of aliphatic imine (C=N–C) groups is 1. The van der Waals surface area contributed by atoms with E-state index in [2.05, 4.69) is 89.5 Å². The van der Waals surface area contributed by atoms with Crippen molar-refractivity contribution in [3.63, 3.8) is 0 Å². The Kier molecular flexibility index (Phi) is 7.82. The summed E-state index contributed by atoms with van der Waals surface area (Å²) in [5.74, 6) is 2.96. The molecular weight excluding hydrogens is 677 g/mol. The van der Waals surface area contributed by atoms with Crippen molar-refractivity contribution in [2.75, 3.05) is 0 Å². The Bertz CT molecular complexity index is 2930. The number of rotatable bonds is 6. The molecule has 0 radical (unpaired) electrons. The highest BCUT2D eigenvalue weighted by atomic mass is 16.6. The zero-order valence-corrected chi connectivity index (χ0v) is 29.7. The van der Waals surface area contributed by atoms with Gasteiger partial charge in [0.05, 0.1) is 17.3 Å². The number of aromatic nitrogens is 1. The summed E-state index contributed by atoms with van der Waals surface area (Å²) >= 11 is 0. The zero-order chi connectivity index (χ0) is 36.9. The van der Waals surface area contributed by atoms with Crippen molar-refractivity contribution in [2.45, 2.75) is 6.04 Å². The highest BCUT2D eigenvalue weighted by Gasteiger charge is 2.26. The van der Waals surface area contributed by atoms with Crippen LogP contribution in [0.4, 0.5) is 0 Å². The van der Waals surface area contributed by atoms with Crippen LogP contribution in [0, 0.1) is 5.41 Å². The molecule has 0 bridgehead atoms. The first-order valence-corrected chi connectivity index (χ1v) is 18.3. The first-order valence-electron chi connectivity index (χ1n) is 18.3. The molecule has 0 saturated heterocycles. The maximum absolute atomic E-state index is 8.78. The molecule has 8 aromatic carbocycles. The average Bonchev–Trinajstić information content (AvgIpc) is 3.59. The van der Waals surface area contributed by atoms with Crippen LogP contribution in [0.25, 0.3) is 49.4 Å². The SMILES string of the molecule is N=C(N=C(c1ccc(-c2ccc(-n3c4ccccc4c4ccc5c(c43)Oc3cc4ccccc4cc3O5)cc2)cc1)[C@H](N)c1ccccc1)c1ccccc1. The number of fused-ring (bicyclic) bond motifs is 7. The van der Waals surface area contributed by atoms with Gasteiger partial charge in [0.1, 0.15) is 5.52 Å². The molecule has 55 heavy (non-hydrogen) atoms. The van der Waals surface area contributed by atoms with Crippen molar-refractivity contribution in [3.05, 3.63) is 199 Å². The molecule has 0 fully saturated rings. The smallest absolute Gasteiger partial charge is 0.194 e. The summed E-state index contributed by atoms with van der Waals surface area (Å²) in [7, 11) is 0. The minimum atomic E-state index is -0.505. The van der Waals surface area contributed by atoms with Gasteiger partial charge in [-0.2, -0.15) is 0 Å². The van der Waals surface area contributed by atoms with Crippen LogP contribution in [0.5, 0.6) is 23.0 Å². The first kappa shape index (κ1) is 32.4. The fraction of sp³-hybridized carbons (Fsp3) is 0.0204. The van der Waals surface area contributed by atoms with Crippen LogP contribution in [0.3, 0.4) is 0 Å². The summed E-state index contributed by atoms with van der Waals surface area (Å²) in [5.41, 5.74) is 15.2. The summed E-state index contributed by atoms with van der Waals surface area (Å²) in [6.45, 7) is 0. The number of nitrogens with two attached hydrogens (primary N) is 1. The lowest BCUT2D eigenvalue weighted by atomic mass is 9.95. The van der Waals surface area contributed by atoms with Crippen molar-refractivity contribution in [1.82, 2.24) is 4.57 Å². The predicted molar refractivity (Wildman–Crippen MR) is 223 cm³/mol. The molecule has 1 aromatic heterocycles. The van der Waals surface area contributed by atoms with Gasteiger partial charge in [-0.3, -0.25) is 5.41 Å². The van der Waals surface area contributed by atoms with Crippen molar-refractivity contribution < 1.29 is 9.47 Å². The molecule has 0 saturated carbocycles. The van der Waals surface area contributed by atoms with Crippen molar-refractivity contribution in [2.24, 2.45) is 10.7 Å². The third-order valence-electron chi connectivity index (χ3n) is 10.4. The van der Waals surface area contributed by atoms with Gasteiger partial charge in [0.15, 0.2) is 28.8 Å². The van der Waals surface area contributed by atoms with Crippen LogP contribution in [0.2, 0.25) is 0 Å². The number of nitrogens with zero attached hydrogens (tertiary/aromatic N) is 2. The molecule has 0 amide bonds. The van der Waals surface area contributed by atoms with Gasteiger partial charge in [-0.25, -0.2) is 4.99 Å². The summed E-state index contributed by atoms with van der Waals surface area (Å²) in [5, 5.41) is 13.2. The van der Waals surface area contributed by atoms with Gasteiger partial charge in [-0.1, -0.05) is 140 Å². The Morgan fingerprint density at radius 1 is 0.545 bits per heavy atom. The molecule has 0 aliphatic carbocycles. The lowest BCUT2D eigenvalue weighted by Crippen LogP contribution is -2.23. The standard InChI is InChI=1S/C49H34N4O2/c50-45(33-11-3-1-4-12-33)46(52-49(51)35-13-5-2-6-14-35)34-21-19-31(20-22-34)32-23-25-38(26-24-32)53-41-18-10-9-17-39(41)40-27-28-42-48(47(40)53)55-44-30-37-16-8-7-15-36(37)29-43(44)54-42/h1-30,45,51H,50H2/t45-/m1/s1. The Morgan fingerprint density at radius 3 is 1.85 bits per heavy atom. The Hall–Kier alpha value is -7.28. The van der Waals surface area contributed by atoms with E-state index in [1.54, 1.807) is 0 Å². The van der Waals surface area contributed by atoms with Gasteiger partial charge < -0.3 is 19.8 Å². The lowest BCUT2D eigenvalue weighted by molar-refractivity contribution is 0.363. The molecule has 3 N–H and O–H groups in total. The second-order valence-corrected chi connectivity index (χ2v) is 13.7. The largest absolute Gasteiger partial charge is 0.449 e. The summed E-state index contributed by atoms with van der Waals surface area (Å²) in [6, 6.07) is 60.7. The van der Waals surface area contributed by atoms with Gasteiger partial charge in [-0.05, 0) is 75.5 Å². The number of para-hydroxylation sites is 1. The molecule has 1 aliphatic heterocycles. The summed E-state index contributed by atoms with van der Waals surface area (Å²) in [4.78, 5) is 4.79. The topological polar surface area (TPSA) is 85.6 Å². The molecule has 0 unspecified atom stereocenters. The minimum absolute atomic E-state index is 0.169. The van der Waals surface area contributed by atoms with Gasteiger partial charge in [0.25, 0.3) is 0 Å². The molecule has 262 valence electrons. The molecule has 10 rings (SSSR count). The number of hydrogen-bond acceptors (Lipinski definition) is 4. The van der Waals surface area contributed by atoms with Gasteiger partial charge in [0.2, 0.25) is 0 Å². The van der Waals surface area contributed by atoms with Gasteiger partial charge in [-0.15, -0.1) is 0 Å². The Labute approximate surface area is 317 Å². The third-order valence-corrected chi connectivity index (χ3v) is 10.4. The van der Waals surface area contributed by atoms with Gasteiger partial charge in [0, 0.05) is 22.0 Å². The number of hydrogen-bond donors (Lipinski definition) is 2. The lowest BCUT2D eigenvalue weighted by Gasteiger charge is -2.23. The van der Waals surface area contributed by atoms with Crippen molar-refractivity contribution >= 4 is 44.1 Å². The molecule has 6 heteroatoms. The highest BCUT2D eigenvalue weighted by molar-refractivity contribution is 6.14. The number of amidine groups is 1. The molecule has 9 aromatic rings. The van der Waals surface area contributed by atoms with Crippen LogP contribution in [-0.4, -0.2) is 16.1 Å². The summed E-state index contributed by atoms with van der Waals surface area (Å²) in [6.07, 6.45) is 0. The minimum Gasteiger partial charge on any atom is -0.449 e. The molecular formula is C49H34N4O2. The number of ether oxygens (including phenoxy) is 2. The second kappa shape index (κ2) is 13.3. The highest BCUT2D eigenvalue weighted by Crippen LogP contribution is 2.51. The van der Waals surface area contributed by atoms with E-state index in [1.165, 1.54) is 0 Å². The maximum atomic E-state index is 8.78. The van der Waals surface area contributed by atoms with Crippen LogP contribution < -0.4 is 15.2 Å².